The molecule has 7 nitrogen and oxygen atoms in total. The number of rotatable bonds is 4. The zero-order valence-electron chi connectivity index (χ0n) is 18.2. The second-order valence-electron chi connectivity index (χ2n) is 7.73. The van der Waals surface area contributed by atoms with Gasteiger partial charge in [0, 0.05) is 30.9 Å². The van der Waals surface area contributed by atoms with Crippen molar-refractivity contribution >= 4 is 16.9 Å². The summed E-state index contributed by atoms with van der Waals surface area (Å²) in [5, 5.41) is 12.9. The van der Waals surface area contributed by atoms with E-state index in [1.807, 2.05) is 82.9 Å². The highest BCUT2D eigenvalue weighted by Gasteiger charge is 2.23. The Balaban J connectivity index is 1.80. The molecule has 1 atom stereocenters. The normalized spacial score (nSPS) is 12.3. The summed E-state index contributed by atoms with van der Waals surface area (Å²) >= 11 is 0. The van der Waals surface area contributed by atoms with E-state index in [-0.39, 0.29) is 11.9 Å². The first-order chi connectivity index (χ1) is 14.3. The zero-order valence-corrected chi connectivity index (χ0v) is 18.2. The van der Waals surface area contributed by atoms with Crippen molar-refractivity contribution in [3.63, 3.8) is 0 Å². The molecule has 0 aliphatic carbocycles. The number of aromatic nitrogens is 5. The molecule has 4 rings (SSSR count). The molecule has 0 saturated carbocycles. The molecular formula is C23H26N6O. The van der Waals surface area contributed by atoms with Crippen molar-refractivity contribution in [1.82, 2.24) is 29.9 Å². The Morgan fingerprint density at radius 1 is 1.00 bits per heavy atom. The third-order valence-electron chi connectivity index (χ3n) is 5.63. The number of pyridine rings is 1. The van der Waals surface area contributed by atoms with Crippen LogP contribution in [0.4, 0.5) is 0 Å². The van der Waals surface area contributed by atoms with E-state index in [2.05, 4.69) is 15.5 Å². The van der Waals surface area contributed by atoms with Crippen LogP contribution in [0.3, 0.4) is 0 Å². The van der Waals surface area contributed by atoms with Gasteiger partial charge in [-0.25, -0.2) is 4.98 Å². The maximum absolute atomic E-state index is 13.4. The Kier molecular flexibility index (Phi) is 4.89. The summed E-state index contributed by atoms with van der Waals surface area (Å²) in [6.07, 6.45) is 0. The number of hydrogen-bond acceptors (Lipinski definition) is 4. The van der Waals surface area contributed by atoms with Gasteiger partial charge in [0.1, 0.15) is 0 Å². The van der Waals surface area contributed by atoms with E-state index in [4.69, 9.17) is 4.98 Å². The summed E-state index contributed by atoms with van der Waals surface area (Å²) in [6.45, 7) is 7.87. The maximum atomic E-state index is 13.4. The fourth-order valence-electron chi connectivity index (χ4n) is 4.14. The number of carbonyl (C=O) groups excluding carboxylic acids is 1. The molecule has 3 aromatic heterocycles. The average molecular weight is 403 g/mol. The highest BCUT2D eigenvalue weighted by molar-refractivity contribution is 6.07. The smallest absolute Gasteiger partial charge is 0.252 e. The molecule has 1 aromatic carbocycles. The summed E-state index contributed by atoms with van der Waals surface area (Å²) in [4.78, 5) is 18.2. The molecule has 7 heteroatoms. The van der Waals surface area contributed by atoms with Crippen LogP contribution in [0, 0.1) is 20.8 Å². The Morgan fingerprint density at radius 2 is 1.67 bits per heavy atom. The van der Waals surface area contributed by atoms with Crippen molar-refractivity contribution < 1.29 is 4.79 Å². The SMILES string of the molecule is Cc1nn(C)c(C)c1C(C)NC(=O)c1cc(-c2ccccc2)nc2c1c(C)nn2C. The second kappa shape index (κ2) is 7.40. The molecular weight excluding hydrogens is 376 g/mol. The van der Waals surface area contributed by atoms with E-state index in [0.29, 0.717) is 11.2 Å². The number of benzene rings is 1. The zero-order chi connectivity index (χ0) is 21.6. The minimum Gasteiger partial charge on any atom is -0.345 e. The highest BCUT2D eigenvalue weighted by atomic mass is 16.1. The van der Waals surface area contributed by atoms with Crippen LogP contribution in [0.2, 0.25) is 0 Å². The predicted octanol–water partition coefficient (Wildman–Crippen LogP) is 3.79. The van der Waals surface area contributed by atoms with E-state index < -0.39 is 0 Å². The molecule has 0 saturated heterocycles. The number of fused-ring (bicyclic) bond motifs is 1. The quantitative estimate of drug-likeness (QED) is 0.563. The number of carbonyl (C=O) groups is 1. The topological polar surface area (TPSA) is 77.6 Å². The van der Waals surface area contributed by atoms with Crippen molar-refractivity contribution in [3.05, 3.63) is 64.6 Å². The lowest BCUT2D eigenvalue weighted by Crippen LogP contribution is -2.27. The van der Waals surface area contributed by atoms with Crippen molar-refractivity contribution in [3.8, 4) is 11.3 Å². The number of nitrogens with one attached hydrogen (secondary N) is 1. The second-order valence-corrected chi connectivity index (χ2v) is 7.73. The van der Waals surface area contributed by atoms with Crippen LogP contribution >= 0.6 is 0 Å². The van der Waals surface area contributed by atoms with Gasteiger partial charge in [0.15, 0.2) is 5.65 Å². The van der Waals surface area contributed by atoms with Gasteiger partial charge in [-0.15, -0.1) is 0 Å². The highest BCUT2D eigenvalue weighted by Crippen LogP contribution is 2.28. The van der Waals surface area contributed by atoms with Crippen LogP contribution in [-0.4, -0.2) is 30.5 Å². The monoisotopic (exact) mass is 402 g/mol. The van der Waals surface area contributed by atoms with Crippen LogP contribution < -0.4 is 5.32 Å². The van der Waals surface area contributed by atoms with Gasteiger partial charge in [-0.3, -0.25) is 14.2 Å². The van der Waals surface area contributed by atoms with Gasteiger partial charge in [-0.05, 0) is 33.8 Å². The van der Waals surface area contributed by atoms with Gasteiger partial charge in [0.25, 0.3) is 5.91 Å². The summed E-state index contributed by atoms with van der Waals surface area (Å²) in [7, 11) is 3.77. The molecule has 0 aliphatic rings. The lowest BCUT2D eigenvalue weighted by atomic mass is 10.0. The van der Waals surface area contributed by atoms with Crippen LogP contribution in [0.15, 0.2) is 36.4 Å². The van der Waals surface area contributed by atoms with Crippen LogP contribution in [0.1, 0.15) is 46.0 Å². The van der Waals surface area contributed by atoms with Crippen molar-refractivity contribution in [1.29, 1.82) is 0 Å². The minimum atomic E-state index is -0.174. The van der Waals surface area contributed by atoms with E-state index in [1.165, 1.54) is 0 Å². The molecule has 154 valence electrons. The lowest BCUT2D eigenvalue weighted by Gasteiger charge is -2.16. The van der Waals surface area contributed by atoms with E-state index >= 15 is 0 Å². The first-order valence-corrected chi connectivity index (χ1v) is 9.98. The Hall–Kier alpha value is -3.48. The Bertz CT molecular complexity index is 1250. The Morgan fingerprint density at radius 3 is 2.30 bits per heavy atom. The van der Waals surface area contributed by atoms with Gasteiger partial charge < -0.3 is 5.32 Å². The largest absolute Gasteiger partial charge is 0.345 e. The molecule has 1 N–H and O–H groups in total. The maximum Gasteiger partial charge on any atom is 0.252 e. The number of aryl methyl sites for hydroxylation is 4. The number of nitrogens with zero attached hydrogens (tertiary/aromatic N) is 5. The van der Waals surface area contributed by atoms with Gasteiger partial charge in [0.05, 0.1) is 34.1 Å². The summed E-state index contributed by atoms with van der Waals surface area (Å²) in [6, 6.07) is 11.6. The van der Waals surface area contributed by atoms with Gasteiger partial charge in [0.2, 0.25) is 0 Å². The van der Waals surface area contributed by atoms with Crippen molar-refractivity contribution in [2.45, 2.75) is 33.7 Å². The van der Waals surface area contributed by atoms with E-state index in [1.54, 1.807) is 4.68 Å². The number of amides is 1. The fourth-order valence-corrected chi connectivity index (χ4v) is 4.14. The third-order valence-corrected chi connectivity index (χ3v) is 5.63. The minimum absolute atomic E-state index is 0.147. The number of hydrogen-bond donors (Lipinski definition) is 1. The first kappa shape index (κ1) is 19.8. The van der Waals surface area contributed by atoms with Gasteiger partial charge in [-0.2, -0.15) is 10.2 Å². The third kappa shape index (κ3) is 3.26. The van der Waals surface area contributed by atoms with E-state index in [0.717, 1.165) is 39.3 Å². The molecule has 0 fully saturated rings. The first-order valence-electron chi connectivity index (χ1n) is 9.98. The molecule has 0 radical (unpaired) electrons. The fraction of sp³-hybridized carbons (Fsp3) is 0.304. The van der Waals surface area contributed by atoms with Crippen molar-refractivity contribution in [2.75, 3.05) is 0 Å². The predicted molar refractivity (Wildman–Crippen MR) is 117 cm³/mol. The van der Waals surface area contributed by atoms with Crippen molar-refractivity contribution in [2.24, 2.45) is 14.1 Å². The molecule has 1 amide bonds. The Labute approximate surface area is 175 Å². The molecule has 0 aliphatic heterocycles. The molecule has 0 bridgehead atoms. The van der Waals surface area contributed by atoms with E-state index in [9.17, 15) is 4.79 Å². The molecule has 3 heterocycles. The van der Waals surface area contributed by atoms with Crippen LogP contribution in [0.5, 0.6) is 0 Å². The molecule has 30 heavy (non-hydrogen) atoms. The summed E-state index contributed by atoms with van der Waals surface area (Å²) < 4.78 is 3.57. The standard InChI is InChI=1S/C23H26N6O/c1-13(20-14(2)26-28(5)16(20)4)24-23(30)18-12-19(17-10-8-7-9-11-17)25-22-21(18)15(3)27-29(22)6/h7-13H,1-6H3,(H,24,30). The summed E-state index contributed by atoms with van der Waals surface area (Å²) in [5.74, 6) is -0.147. The van der Waals surface area contributed by atoms with Crippen LogP contribution in [-0.2, 0) is 14.1 Å². The molecule has 0 spiro atoms. The van der Waals surface area contributed by atoms with Crippen LogP contribution in [0.25, 0.3) is 22.3 Å². The lowest BCUT2D eigenvalue weighted by molar-refractivity contribution is 0.0941. The summed E-state index contributed by atoms with van der Waals surface area (Å²) in [5.41, 5.74) is 6.77. The molecule has 1 unspecified atom stereocenters. The molecule has 4 aromatic rings. The van der Waals surface area contributed by atoms with Gasteiger partial charge in [-0.1, -0.05) is 30.3 Å². The van der Waals surface area contributed by atoms with Gasteiger partial charge >= 0.3 is 0 Å². The average Bonchev–Trinajstić information content (AvgIpc) is 3.15.